The summed E-state index contributed by atoms with van der Waals surface area (Å²) in [5.74, 6) is -1.04. The van der Waals surface area contributed by atoms with Crippen molar-refractivity contribution in [2.24, 2.45) is 0 Å². The van der Waals surface area contributed by atoms with E-state index in [1.807, 2.05) is 7.05 Å². The third kappa shape index (κ3) is 4.04. The number of carbonyl (C=O) groups is 2. The Morgan fingerprint density at radius 3 is 2.81 bits per heavy atom. The molecule has 1 saturated heterocycles. The molecule has 1 aliphatic heterocycles. The Morgan fingerprint density at radius 1 is 1.33 bits per heavy atom. The van der Waals surface area contributed by atoms with Gasteiger partial charge < -0.3 is 14.4 Å². The zero-order chi connectivity index (χ0) is 15.2. The van der Waals surface area contributed by atoms with E-state index in [0.29, 0.717) is 5.75 Å². The summed E-state index contributed by atoms with van der Waals surface area (Å²) in [6.07, 6.45) is 2.06. The summed E-state index contributed by atoms with van der Waals surface area (Å²) in [6, 6.07) is 6.83. The normalized spacial score (nSPS) is 19.0. The van der Waals surface area contributed by atoms with Crippen LogP contribution in [-0.4, -0.2) is 49.5 Å². The second kappa shape index (κ2) is 7.22. The minimum atomic E-state index is -0.839. The number of likely N-dealkylation sites (tertiary alicyclic amines) is 1. The number of para-hydroxylation sites is 1. The van der Waals surface area contributed by atoms with Gasteiger partial charge in [0.05, 0.1) is 12.2 Å². The molecule has 1 fully saturated rings. The molecule has 0 N–H and O–H groups in total. The zero-order valence-corrected chi connectivity index (χ0v) is 12.5. The van der Waals surface area contributed by atoms with Crippen LogP contribution in [0.5, 0.6) is 5.75 Å². The lowest BCUT2D eigenvalue weighted by Gasteiger charge is -2.30. The molecule has 21 heavy (non-hydrogen) atoms. The Labute approximate surface area is 124 Å². The van der Waals surface area contributed by atoms with Gasteiger partial charge in [0, 0.05) is 6.54 Å². The number of likely N-dealkylation sites (N-methyl/N-ethyl adjacent to an activating group) is 1. The highest BCUT2D eigenvalue weighted by molar-refractivity contribution is 6.41. The highest BCUT2D eigenvalue weighted by Gasteiger charge is 2.24. The van der Waals surface area contributed by atoms with Crippen LogP contribution in [-0.2, 0) is 9.53 Å². The highest BCUT2D eigenvalue weighted by atomic mass is 16.5. The molecule has 1 aromatic carbocycles. The Morgan fingerprint density at radius 2 is 2.10 bits per heavy atom. The van der Waals surface area contributed by atoms with Crippen molar-refractivity contribution >= 4 is 11.8 Å². The molecule has 0 amide bonds. The van der Waals surface area contributed by atoms with Gasteiger partial charge >= 0.3 is 5.97 Å². The van der Waals surface area contributed by atoms with E-state index < -0.39 is 11.8 Å². The number of ether oxygens (including phenoxy) is 2. The number of Topliss-reactive ketones (excluding diaryl/α,β-unsaturated/α-hetero) is 1. The third-order valence-electron chi connectivity index (χ3n) is 3.47. The van der Waals surface area contributed by atoms with Crippen LogP contribution in [0.2, 0.25) is 0 Å². The van der Waals surface area contributed by atoms with E-state index in [0.717, 1.165) is 25.9 Å². The van der Waals surface area contributed by atoms with Crippen LogP contribution in [0.4, 0.5) is 0 Å². The van der Waals surface area contributed by atoms with E-state index in [1.54, 1.807) is 31.2 Å². The maximum atomic E-state index is 12.1. The Balaban J connectivity index is 2.13. The molecule has 114 valence electrons. The average Bonchev–Trinajstić information content (AvgIpc) is 2.47. The molecule has 1 atom stereocenters. The van der Waals surface area contributed by atoms with Crippen molar-refractivity contribution in [2.75, 3.05) is 26.7 Å². The molecule has 0 radical (unpaired) electrons. The van der Waals surface area contributed by atoms with Crippen molar-refractivity contribution < 1.29 is 19.1 Å². The largest absolute Gasteiger partial charge is 0.488 e. The fraction of sp³-hybridized carbons (Fsp3) is 0.500. The van der Waals surface area contributed by atoms with Gasteiger partial charge in [-0.15, -0.1) is 0 Å². The lowest BCUT2D eigenvalue weighted by atomic mass is 10.1. The highest BCUT2D eigenvalue weighted by Crippen LogP contribution is 2.23. The first-order chi connectivity index (χ1) is 10.1. The van der Waals surface area contributed by atoms with Crippen LogP contribution >= 0.6 is 0 Å². The number of benzene rings is 1. The van der Waals surface area contributed by atoms with E-state index in [9.17, 15) is 9.59 Å². The van der Waals surface area contributed by atoms with Gasteiger partial charge in [-0.05, 0) is 45.5 Å². The van der Waals surface area contributed by atoms with E-state index in [4.69, 9.17) is 9.47 Å². The quantitative estimate of drug-likeness (QED) is 0.471. The van der Waals surface area contributed by atoms with E-state index in [2.05, 4.69) is 4.90 Å². The molecule has 1 aromatic rings. The summed E-state index contributed by atoms with van der Waals surface area (Å²) in [5.41, 5.74) is 0.268. The number of hydrogen-bond donors (Lipinski definition) is 0. The number of rotatable bonds is 5. The van der Waals surface area contributed by atoms with Crippen LogP contribution in [0, 0.1) is 0 Å². The average molecular weight is 291 g/mol. The second-order valence-electron chi connectivity index (χ2n) is 5.19. The number of piperidine rings is 1. The number of esters is 1. The van der Waals surface area contributed by atoms with Gasteiger partial charge in [0.25, 0.3) is 5.78 Å². The summed E-state index contributed by atoms with van der Waals surface area (Å²) in [5, 5.41) is 0. The fourth-order valence-corrected chi connectivity index (χ4v) is 2.46. The van der Waals surface area contributed by atoms with Gasteiger partial charge in [0.1, 0.15) is 11.9 Å². The molecular weight excluding hydrogens is 270 g/mol. The first kappa shape index (κ1) is 15.5. The molecule has 0 aliphatic carbocycles. The third-order valence-corrected chi connectivity index (χ3v) is 3.47. The molecule has 5 heteroatoms. The zero-order valence-electron chi connectivity index (χ0n) is 12.5. The summed E-state index contributed by atoms with van der Waals surface area (Å²) in [4.78, 5) is 25.9. The van der Waals surface area contributed by atoms with Crippen molar-refractivity contribution in [1.82, 2.24) is 4.90 Å². The molecule has 5 nitrogen and oxygen atoms in total. The maximum absolute atomic E-state index is 12.1. The van der Waals surface area contributed by atoms with Crippen molar-refractivity contribution in [2.45, 2.75) is 25.9 Å². The second-order valence-corrected chi connectivity index (χ2v) is 5.19. The molecule has 1 aliphatic rings. The molecule has 2 rings (SSSR count). The summed E-state index contributed by atoms with van der Waals surface area (Å²) < 4.78 is 10.7. The maximum Gasteiger partial charge on any atom is 0.379 e. The van der Waals surface area contributed by atoms with E-state index in [-0.39, 0.29) is 18.3 Å². The molecule has 0 aromatic heterocycles. The topological polar surface area (TPSA) is 55.8 Å². The SMILES string of the molecule is CCOC(=O)C(=O)c1ccccc1OC1CCCN(C)C1. The number of ketones is 1. The Kier molecular flexibility index (Phi) is 5.33. The van der Waals surface area contributed by atoms with E-state index in [1.165, 1.54) is 0 Å². The van der Waals surface area contributed by atoms with Gasteiger partial charge in [-0.25, -0.2) is 4.79 Å². The first-order valence-corrected chi connectivity index (χ1v) is 7.27. The molecule has 0 spiro atoms. The number of hydrogen-bond acceptors (Lipinski definition) is 5. The summed E-state index contributed by atoms with van der Waals surface area (Å²) in [7, 11) is 2.05. The molecular formula is C16H21NO4. The summed E-state index contributed by atoms with van der Waals surface area (Å²) in [6.45, 7) is 3.73. The van der Waals surface area contributed by atoms with Gasteiger partial charge in [-0.3, -0.25) is 4.79 Å². The molecule has 1 heterocycles. The Bertz CT molecular complexity index is 515. The lowest BCUT2D eigenvalue weighted by Crippen LogP contribution is -2.38. The van der Waals surface area contributed by atoms with Crippen molar-refractivity contribution in [3.8, 4) is 5.75 Å². The van der Waals surface area contributed by atoms with Crippen molar-refractivity contribution in [1.29, 1.82) is 0 Å². The lowest BCUT2D eigenvalue weighted by molar-refractivity contribution is -0.137. The molecule has 1 unspecified atom stereocenters. The van der Waals surface area contributed by atoms with Crippen LogP contribution in [0.3, 0.4) is 0 Å². The first-order valence-electron chi connectivity index (χ1n) is 7.27. The Hall–Kier alpha value is -1.88. The minimum absolute atomic E-state index is 0.0416. The van der Waals surface area contributed by atoms with Gasteiger partial charge in [-0.2, -0.15) is 0 Å². The van der Waals surface area contributed by atoms with Crippen LogP contribution < -0.4 is 4.74 Å². The van der Waals surface area contributed by atoms with Crippen molar-refractivity contribution in [3.05, 3.63) is 29.8 Å². The van der Waals surface area contributed by atoms with Crippen LogP contribution in [0.25, 0.3) is 0 Å². The number of nitrogens with zero attached hydrogens (tertiary/aromatic N) is 1. The van der Waals surface area contributed by atoms with Gasteiger partial charge in [0.15, 0.2) is 0 Å². The van der Waals surface area contributed by atoms with Crippen LogP contribution in [0.15, 0.2) is 24.3 Å². The van der Waals surface area contributed by atoms with Gasteiger partial charge in [0.2, 0.25) is 0 Å². The van der Waals surface area contributed by atoms with Crippen LogP contribution in [0.1, 0.15) is 30.1 Å². The van der Waals surface area contributed by atoms with Crippen molar-refractivity contribution in [3.63, 3.8) is 0 Å². The number of carbonyl (C=O) groups excluding carboxylic acids is 2. The van der Waals surface area contributed by atoms with E-state index >= 15 is 0 Å². The van der Waals surface area contributed by atoms with Gasteiger partial charge in [-0.1, -0.05) is 12.1 Å². The predicted octanol–water partition coefficient (Wildman–Crippen LogP) is 1.91. The molecule has 0 saturated carbocycles. The monoisotopic (exact) mass is 291 g/mol. The minimum Gasteiger partial charge on any atom is -0.488 e. The summed E-state index contributed by atoms with van der Waals surface area (Å²) >= 11 is 0. The molecule has 0 bridgehead atoms. The predicted molar refractivity (Wildman–Crippen MR) is 78.6 cm³/mol. The standard InChI is InChI=1S/C16H21NO4/c1-3-20-16(19)15(18)13-8-4-5-9-14(13)21-12-7-6-10-17(2)11-12/h4-5,8-9,12H,3,6-7,10-11H2,1-2H3. The fourth-order valence-electron chi connectivity index (χ4n) is 2.46. The smallest absolute Gasteiger partial charge is 0.379 e.